The summed E-state index contributed by atoms with van der Waals surface area (Å²) in [5.41, 5.74) is 0.946. The number of thiocarbonyl (C=S) groups is 1. The Morgan fingerprint density at radius 3 is 3.13 bits per heavy atom. The summed E-state index contributed by atoms with van der Waals surface area (Å²) in [4.78, 5) is 15.0. The number of methoxy groups -OCH3 is 1. The number of hydrogen-bond donors (Lipinski definition) is 3. The van der Waals surface area contributed by atoms with Crippen LogP contribution in [-0.2, 0) is 4.74 Å². The molecule has 1 fully saturated rings. The smallest absolute Gasteiger partial charge is 0.317 e. The Kier molecular flexibility index (Phi) is 6.73. The Labute approximate surface area is 185 Å². The van der Waals surface area contributed by atoms with E-state index in [-0.39, 0.29) is 5.70 Å². The molecule has 2 aliphatic carbocycles. The van der Waals surface area contributed by atoms with Gasteiger partial charge in [-0.2, -0.15) is 0 Å². The number of rotatable bonds is 5. The highest BCUT2D eigenvalue weighted by molar-refractivity contribution is 8.00. The third kappa shape index (κ3) is 4.86. The van der Waals surface area contributed by atoms with Crippen molar-refractivity contribution in [3.63, 3.8) is 0 Å². The van der Waals surface area contributed by atoms with Gasteiger partial charge in [-0.1, -0.05) is 12.0 Å². The highest BCUT2D eigenvalue weighted by Gasteiger charge is 2.38. The molecule has 0 aromatic carbocycles. The zero-order valence-corrected chi connectivity index (χ0v) is 18.3. The van der Waals surface area contributed by atoms with E-state index in [9.17, 15) is 10.1 Å². The van der Waals surface area contributed by atoms with Crippen LogP contribution in [0.5, 0.6) is 0 Å². The topological polar surface area (TPSA) is 101 Å². The van der Waals surface area contributed by atoms with Crippen LogP contribution in [0.15, 0.2) is 28.5 Å². The van der Waals surface area contributed by atoms with E-state index in [4.69, 9.17) is 17.0 Å². The lowest BCUT2D eigenvalue weighted by Crippen LogP contribution is -2.48. The summed E-state index contributed by atoms with van der Waals surface area (Å²) in [6, 6.07) is 0.0414. The van der Waals surface area contributed by atoms with Crippen molar-refractivity contribution in [3.05, 3.63) is 33.7 Å². The number of nitrogens with one attached hydrogen (secondary N) is 3. The SMILES string of the molecule is COC1C#CC([N+](=O)[O-])=CC1NC(=S)NC1=CC(C2NC3CC=NCC3S2)CCC1. The second kappa shape index (κ2) is 9.47. The summed E-state index contributed by atoms with van der Waals surface area (Å²) in [6.07, 6.45) is 9.46. The average molecular weight is 448 g/mol. The summed E-state index contributed by atoms with van der Waals surface area (Å²) in [5, 5.41) is 22.6. The van der Waals surface area contributed by atoms with Gasteiger partial charge in [-0.25, -0.2) is 0 Å². The van der Waals surface area contributed by atoms with Gasteiger partial charge in [-0.3, -0.25) is 15.1 Å². The molecule has 4 rings (SSSR count). The number of nitro groups is 1. The van der Waals surface area contributed by atoms with E-state index in [0.29, 0.717) is 27.7 Å². The molecular weight excluding hydrogens is 422 g/mol. The summed E-state index contributed by atoms with van der Waals surface area (Å²) < 4.78 is 5.33. The number of thioether (sulfide) groups is 1. The average Bonchev–Trinajstić information content (AvgIpc) is 3.18. The molecule has 8 nitrogen and oxygen atoms in total. The zero-order valence-electron chi connectivity index (χ0n) is 16.7. The molecule has 2 aliphatic heterocycles. The molecule has 0 amide bonds. The molecule has 10 heteroatoms. The minimum Gasteiger partial charge on any atom is -0.366 e. The van der Waals surface area contributed by atoms with Crippen molar-refractivity contribution in [1.82, 2.24) is 16.0 Å². The molecular formula is C20H25N5O3S2. The Bertz CT molecular complexity index is 846. The Morgan fingerprint density at radius 2 is 2.37 bits per heavy atom. The number of hydrogen-bond acceptors (Lipinski definition) is 7. The van der Waals surface area contributed by atoms with Gasteiger partial charge in [-0.05, 0) is 37.9 Å². The molecule has 1 saturated heterocycles. The van der Waals surface area contributed by atoms with Gasteiger partial charge in [0.05, 0.1) is 22.9 Å². The molecule has 160 valence electrons. The molecule has 3 N–H and O–H groups in total. The molecule has 6 unspecified atom stereocenters. The first-order valence-electron chi connectivity index (χ1n) is 10.1. The molecule has 2 heterocycles. The first-order valence-corrected chi connectivity index (χ1v) is 11.5. The zero-order chi connectivity index (χ0) is 21.1. The van der Waals surface area contributed by atoms with Gasteiger partial charge in [-0.15, -0.1) is 11.8 Å². The van der Waals surface area contributed by atoms with Gasteiger partial charge in [0.15, 0.2) is 5.11 Å². The van der Waals surface area contributed by atoms with Crippen LogP contribution in [0.3, 0.4) is 0 Å². The fraction of sp³-hybridized carbons (Fsp3) is 0.600. The third-order valence-corrected chi connectivity index (χ3v) is 7.56. The summed E-state index contributed by atoms with van der Waals surface area (Å²) in [6.45, 7) is 0.902. The van der Waals surface area contributed by atoms with Crippen LogP contribution in [0.1, 0.15) is 25.7 Å². The second-order valence-electron chi connectivity index (χ2n) is 7.76. The van der Waals surface area contributed by atoms with Crippen LogP contribution in [0, 0.1) is 27.9 Å². The molecule has 4 aliphatic rings. The van der Waals surface area contributed by atoms with Crippen molar-refractivity contribution < 1.29 is 9.66 Å². The quantitative estimate of drug-likeness (QED) is 0.253. The summed E-state index contributed by atoms with van der Waals surface area (Å²) in [7, 11) is 1.53. The van der Waals surface area contributed by atoms with Gasteiger partial charge in [0.1, 0.15) is 6.10 Å². The second-order valence-corrected chi connectivity index (χ2v) is 9.55. The van der Waals surface area contributed by atoms with Gasteiger partial charge in [0.25, 0.3) is 0 Å². The van der Waals surface area contributed by atoms with Crippen LogP contribution in [0.4, 0.5) is 0 Å². The van der Waals surface area contributed by atoms with Crippen molar-refractivity contribution in [3.8, 4) is 11.8 Å². The fourth-order valence-electron chi connectivity index (χ4n) is 4.21. The van der Waals surface area contributed by atoms with Crippen molar-refractivity contribution in [1.29, 1.82) is 0 Å². The minimum absolute atomic E-state index is 0.143. The molecule has 0 bridgehead atoms. The van der Waals surface area contributed by atoms with E-state index in [0.717, 1.165) is 37.9 Å². The maximum Gasteiger partial charge on any atom is 0.317 e. The van der Waals surface area contributed by atoms with E-state index < -0.39 is 17.1 Å². The number of aliphatic imine (C=N–C) groups is 1. The summed E-state index contributed by atoms with van der Waals surface area (Å²) in [5.74, 6) is 5.71. The van der Waals surface area contributed by atoms with Crippen molar-refractivity contribution in [2.75, 3.05) is 13.7 Å². The van der Waals surface area contributed by atoms with E-state index >= 15 is 0 Å². The van der Waals surface area contributed by atoms with E-state index in [1.165, 1.54) is 13.2 Å². The molecule has 0 spiro atoms. The van der Waals surface area contributed by atoms with Gasteiger partial charge in [0, 0.05) is 48.2 Å². The van der Waals surface area contributed by atoms with Crippen LogP contribution < -0.4 is 16.0 Å². The highest BCUT2D eigenvalue weighted by atomic mass is 32.2. The van der Waals surface area contributed by atoms with Crippen LogP contribution in [0.25, 0.3) is 0 Å². The molecule has 6 atom stereocenters. The van der Waals surface area contributed by atoms with Crippen molar-refractivity contribution in [2.45, 2.75) is 54.5 Å². The molecule has 0 saturated carbocycles. The maximum absolute atomic E-state index is 11.0. The number of ether oxygens (including phenoxy) is 1. The minimum atomic E-state index is -0.494. The lowest BCUT2D eigenvalue weighted by molar-refractivity contribution is -0.417. The first-order chi connectivity index (χ1) is 14.5. The van der Waals surface area contributed by atoms with Crippen LogP contribution >= 0.6 is 24.0 Å². The Hall–Kier alpha value is -1.93. The standard InChI is InChI=1S/C20H25N5O3S2/c1-28-17-6-5-14(25(26)27)10-16(17)24-20(29)22-13-4-2-3-12(9-13)19-23-15-7-8-21-11-18(15)30-19/h8-10,12,15-19,23H,2-4,7,11H2,1H3,(H2,22,24,29). The first kappa shape index (κ1) is 21.3. The maximum atomic E-state index is 11.0. The van der Waals surface area contributed by atoms with E-state index in [1.54, 1.807) is 0 Å². The van der Waals surface area contributed by atoms with Crippen LogP contribution in [-0.4, -0.2) is 58.7 Å². The lowest BCUT2D eigenvalue weighted by atomic mass is 9.93. The van der Waals surface area contributed by atoms with E-state index in [1.807, 2.05) is 18.0 Å². The molecule has 0 aromatic rings. The molecule has 0 radical (unpaired) electrons. The Balaban J connectivity index is 1.36. The predicted octanol–water partition coefficient (Wildman–Crippen LogP) is 1.57. The Morgan fingerprint density at radius 1 is 1.50 bits per heavy atom. The molecule has 0 aromatic heterocycles. The van der Waals surface area contributed by atoms with Gasteiger partial charge >= 0.3 is 5.70 Å². The largest absolute Gasteiger partial charge is 0.366 e. The van der Waals surface area contributed by atoms with Crippen molar-refractivity contribution in [2.24, 2.45) is 10.9 Å². The fourth-order valence-corrected chi connectivity index (χ4v) is 6.08. The van der Waals surface area contributed by atoms with E-state index in [2.05, 4.69) is 38.9 Å². The monoisotopic (exact) mass is 447 g/mol. The van der Waals surface area contributed by atoms with Crippen LogP contribution in [0.2, 0.25) is 0 Å². The normalized spacial score (nSPS) is 34.7. The summed E-state index contributed by atoms with van der Waals surface area (Å²) >= 11 is 7.48. The predicted molar refractivity (Wildman–Crippen MR) is 122 cm³/mol. The molecule has 30 heavy (non-hydrogen) atoms. The number of fused-ring (bicyclic) bond motifs is 1. The number of nitrogens with zero attached hydrogens (tertiary/aromatic N) is 2. The van der Waals surface area contributed by atoms with Gasteiger partial charge < -0.3 is 20.7 Å². The third-order valence-electron chi connectivity index (χ3n) is 5.74. The van der Waals surface area contributed by atoms with Gasteiger partial charge in [0.2, 0.25) is 0 Å². The van der Waals surface area contributed by atoms with Crippen molar-refractivity contribution >= 4 is 35.3 Å². The lowest BCUT2D eigenvalue weighted by Gasteiger charge is -2.28. The highest BCUT2D eigenvalue weighted by Crippen LogP contribution is 2.38. The number of allylic oxidation sites excluding steroid dienone is 2.